The first kappa shape index (κ1) is 24.7. The van der Waals surface area contributed by atoms with Crippen molar-refractivity contribution in [2.24, 2.45) is 5.41 Å². The van der Waals surface area contributed by atoms with Gasteiger partial charge in [-0.05, 0) is 40.5 Å². The van der Waals surface area contributed by atoms with E-state index in [0.717, 1.165) is 54.4 Å². The molecule has 1 atom stereocenters. The Labute approximate surface area is 204 Å². The predicted molar refractivity (Wildman–Crippen MR) is 130 cm³/mol. The summed E-state index contributed by atoms with van der Waals surface area (Å²) in [4.78, 5) is 36.3. The highest BCUT2D eigenvalue weighted by atomic mass is 16.5. The summed E-state index contributed by atoms with van der Waals surface area (Å²) >= 11 is 0. The molecule has 0 spiro atoms. The number of hydrogen-bond acceptors (Lipinski definition) is 5. The van der Waals surface area contributed by atoms with Crippen LogP contribution in [0.5, 0.6) is 0 Å². The fourth-order valence-corrected chi connectivity index (χ4v) is 5.40. The molecular weight excluding hydrogens is 448 g/mol. The smallest absolute Gasteiger partial charge is 0.407 e. The number of nitrogens with one attached hydrogen (secondary N) is 2. The quantitative estimate of drug-likeness (QED) is 0.436. The molecule has 8 heteroatoms. The van der Waals surface area contributed by atoms with Gasteiger partial charge in [-0.2, -0.15) is 0 Å². The number of ether oxygens (including phenoxy) is 1. The van der Waals surface area contributed by atoms with E-state index in [0.29, 0.717) is 0 Å². The van der Waals surface area contributed by atoms with Crippen molar-refractivity contribution in [3.63, 3.8) is 0 Å². The van der Waals surface area contributed by atoms with Gasteiger partial charge in [0, 0.05) is 18.9 Å². The van der Waals surface area contributed by atoms with E-state index in [1.807, 2.05) is 24.3 Å². The third-order valence-corrected chi connectivity index (χ3v) is 7.22. The Balaban J connectivity index is 1.36. The zero-order valence-corrected chi connectivity index (χ0v) is 19.7. The summed E-state index contributed by atoms with van der Waals surface area (Å²) in [5.41, 5.74) is 4.13. The van der Waals surface area contributed by atoms with E-state index >= 15 is 0 Å². The monoisotopic (exact) mass is 480 g/mol. The molecule has 0 unspecified atom stereocenters. The fourth-order valence-electron chi connectivity index (χ4n) is 5.40. The number of alkyl carbamates (subject to hydrolysis) is 1. The van der Waals surface area contributed by atoms with Gasteiger partial charge in [-0.3, -0.25) is 4.79 Å². The van der Waals surface area contributed by atoms with Crippen LogP contribution in [-0.2, 0) is 14.3 Å². The lowest BCUT2D eigenvalue weighted by molar-refractivity contribution is -0.143. The number of carboxylic acids is 1. The number of benzene rings is 2. The van der Waals surface area contributed by atoms with Crippen LogP contribution in [0.25, 0.3) is 11.1 Å². The van der Waals surface area contributed by atoms with Crippen molar-refractivity contribution in [3.05, 3.63) is 59.7 Å². The average molecular weight is 481 g/mol. The first-order valence-corrected chi connectivity index (χ1v) is 12.1. The van der Waals surface area contributed by atoms with Gasteiger partial charge in [0.1, 0.15) is 12.6 Å². The van der Waals surface area contributed by atoms with E-state index in [1.54, 1.807) is 0 Å². The molecule has 2 amide bonds. The maximum atomic E-state index is 12.7. The van der Waals surface area contributed by atoms with E-state index in [9.17, 15) is 19.5 Å². The SMILES string of the molecule is O=C(CC1(CNC(=O)OCC2c3ccccc3-c3ccccc32)CCCCC1)N[C@@H](CO)C(=O)O. The maximum Gasteiger partial charge on any atom is 0.407 e. The van der Waals surface area contributed by atoms with Crippen LogP contribution in [-0.4, -0.2) is 54.0 Å². The Bertz CT molecular complexity index is 1030. The van der Waals surface area contributed by atoms with Gasteiger partial charge in [0.15, 0.2) is 0 Å². The minimum absolute atomic E-state index is 0.0333. The summed E-state index contributed by atoms with van der Waals surface area (Å²) in [6.07, 6.45) is 3.98. The topological polar surface area (TPSA) is 125 Å². The largest absolute Gasteiger partial charge is 0.480 e. The third-order valence-electron chi connectivity index (χ3n) is 7.22. The number of hydrogen-bond donors (Lipinski definition) is 4. The summed E-state index contributed by atoms with van der Waals surface area (Å²) < 4.78 is 5.63. The predicted octanol–water partition coefficient (Wildman–Crippen LogP) is 3.43. The van der Waals surface area contributed by atoms with Gasteiger partial charge in [-0.15, -0.1) is 0 Å². The van der Waals surface area contributed by atoms with Gasteiger partial charge in [-0.1, -0.05) is 67.8 Å². The lowest BCUT2D eigenvalue weighted by atomic mass is 9.71. The molecular formula is C27H32N2O6. The number of carboxylic acid groups (broad SMARTS) is 1. The molecule has 0 heterocycles. The lowest BCUT2D eigenvalue weighted by Gasteiger charge is -2.37. The number of fused-ring (bicyclic) bond motifs is 3. The summed E-state index contributed by atoms with van der Waals surface area (Å²) in [5, 5.41) is 23.5. The van der Waals surface area contributed by atoms with E-state index in [4.69, 9.17) is 9.84 Å². The van der Waals surface area contributed by atoms with E-state index in [2.05, 4.69) is 34.9 Å². The first-order chi connectivity index (χ1) is 16.9. The Morgan fingerprint density at radius 2 is 1.57 bits per heavy atom. The van der Waals surface area contributed by atoms with Crippen molar-refractivity contribution < 1.29 is 29.3 Å². The van der Waals surface area contributed by atoms with Crippen LogP contribution in [0.15, 0.2) is 48.5 Å². The number of rotatable bonds is 9. The third kappa shape index (κ3) is 5.65. The second-order valence-electron chi connectivity index (χ2n) is 9.56. The summed E-state index contributed by atoms with van der Waals surface area (Å²) in [6.45, 7) is -0.190. The fraction of sp³-hybridized carbons (Fsp3) is 0.444. The van der Waals surface area contributed by atoms with Crippen LogP contribution in [0.1, 0.15) is 55.6 Å². The van der Waals surface area contributed by atoms with Crippen molar-refractivity contribution in [2.45, 2.75) is 50.5 Å². The van der Waals surface area contributed by atoms with Crippen LogP contribution >= 0.6 is 0 Å². The Morgan fingerprint density at radius 1 is 0.971 bits per heavy atom. The van der Waals surface area contributed by atoms with Gasteiger partial charge in [0.05, 0.1) is 6.61 Å². The van der Waals surface area contributed by atoms with Gasteiger partial charge in [-0.25, -0.2) is 9.59 Å². The molecule has 2 aromatic carbocycles. The van der Waals surface area contributed by atoms with Gasteiger partial charge in [0.2, 0.25) is 5.91 Å². The lowest BCUT2D eigenvalue weighted by Crippen LogP contribution is -2.47. The number of aliphatic carboxylic acids is 1. The number of aliphatic hydroxyl groups excluding tert-OH is 1. The highest BCUT2D eigenvalue weighted by Gasteiger charge is 2.36. The first-order valence-electron chi connectivity index (χ1n) is 12.1. The van der Waals surface area contributed by atoms with Crippen molar-refractivity contribution in [1.29, 1.82) is 0 Å². The standard InChI is InChI=1S/C27H32N2O6/c30-15-23(25(32)33)29-24(31)14-27(12-6-1-7-13-27)17-28-26(34)35-16-22-20-10-4-2-8-18(20)19-9-3-5-11-21(19)22/h2-5,8-11,22-23,30H,1,6-7,12-17H2,(H,28,34)(H,29,31)(H,32,33)/t23-/m0/s1. The average Bonchev–Trinajstić information content (AvgIpc) is 3.19. The minimum Gasteiger partial charge on any atom is -0.480 e. The summed E-state index contributed by atoms with van der Waals surface area (Å²) in [6, 6.07) is 14.9. The zero-order valence-electron chi connectivity index (χ0n) is 19.7. The van der Waals surface area contributed by atoms with Gasteiger partial charge < -0.3 is 25.6 Å². The molecule has 1 fully saturated rings. The number of carbonyl (C=O) groups is 3. The molecule has 1 saturated carbocycles. The van der Waals surface area contributed by atoms with Crippen LogP contribution in [0.4, 0.5) is 4.79 Å². The van der Waals surface area contributed by atoms with Crippen molar-refractivity contribution >= 4 is 18.0 Å². The van der Waals surface area contributed by atoms with Crippen molar-refractivity contribution in [2.75, 3.05) is 19.8 Å². The van der Waals surface area contributed by atoms with Crippen LogP contribution in [0.3, 0.4) is 0 Å². The number of amides is 2. The number of aliphatic hydroxyl groups is 1. The molecule has 0 aliphatic heterocycles. The summed E-state index contributed by atoms with van der Waals surface area (Å²) in [5.74, 6) is -1.76. The summed E-state index contributed by atoms with van der Waals surface area (Å²) in [7, 11) is 0. The van der Waals surface area contributed by atoms with E-state index in [-0.39, 0.29) is 25.5 Å². The van der Waals surface area contributed by atoms with E-state index < -0.39 is 36.0 Å². The zero-order chi connectivity index (χ0) is 24.8. The van der Waals surface area contributed by atoms with Crippen molar-refractivity contribution in [3.8, 4) is 11.1 Å². The normalized spacial score (nSPS) is 17.1. The molecule has 35 heavy (non-hydrogen) atoms. The van der Waals surface area contributed by atoms with Crippen LogP contribution in [0.2, 0.25) is 0 Å². The van der Waals surface area contributed by atoms with Crippen LogP contribution < -0.4 is 10.6 Å². The second kappa shape index (κ2) is 10.9. The molecule has 2 aliphatic carbocycles. The second-order valence-corrected chi connectivity index (χ2v) is 9.56. The molecule has 0 radical (unpaired) electrons. The Morgan fingerprint density at radius 3 is 2.14 bits per heavy atom. The molecule has 0 aromatic heterocycles. The van der Waals surface area contributed by atoms with E-state index in [1.165, 1.54) is 0 Å². The van der Waals surface area contributed by atoms with Gasteiger partial charge in [0.25, 0.3) is 0 Å². The molecule has 2 aromatic rings. The molecule has 186 valence electrons. The van der Waals surface area contributed by atoms with Gasteiger partial charge >= 0.3 is 12.1 Å². The Kier molecular flexibility index (Phi) is 7.70. The molecule has 0 saturated heterocycles. The highest BCUT2D eigenvalue weighted by Crippen LogP contribution is 2.44. The number of carbonyl (C=O) groups excluding carboxylic acids is 2. The highest BCUT2D eigenvalue weighted by molar-refractivity contribution is 5.84. The molecule has 4 N–H and O–H groups in total. The van der Waals surface area contributed by atoms with Crippen LogP contribution in [0, 0.1) is 5.41 Å². The maximum absolute atomic E-state index is 12.7. The Hall–Kier alpha value is -3.39. The molecule has 4 rings (SSSR count). The molecule has 0 bridgehead atoms. The minimum atomic E-state index is -1.33. The molecule has 2 aliphatic rings. The molecule has 8 nitrogen and oxygen atoms in total. The van der Waals surface area contributed by atoms with Crippen molar-refractivity contribution in [1.82, 2.24) is 10.6 Å².